The zero-order chi connectivity index (χ0) is 26.3. The fraction of sp³-hybridized carbons (Fsp3) is 0.815. The van der Waals surface area contributed by atoms with Crippen LogP contribution in [-0.2, 0) is 19.1 Å². The van der Waals surface area contributed by atoms with Crippen LogP contribution in [0.15, 0.2) is 11.6 Å². The summed E-state index contributed by atoms with van der Waals surface area (Å²) in [6.07, 6.45) is 4.85. The molecule has 0 radical (unpaired) electrons. The first kappa shape index (κ1) is 29.3. The van der Waals surface area contributed by atoms with Crippen molar-refractivity contribution in [3.05, 3.63) is 11.6 Å². The van der Waals surface area contributed by atoms with E-state index in [9.17, 15) is 14.4 Å². The van der Waals surface area contributed by atoms with E-state index in [1.807, 2.05) is 40.7 Å². The first-order chi connectivity index (χ1) is 16.5. The van der Waals surface area contributed by atoms with Crippen LogP contribution in [0, 0.1) is 11.8 Å². The molecule has 0 spiro atoms. The zero-order valence-electron chi connectivity index (χ0n) is 23.2. The number of ether oxygens (including phenoxy) is 1. The highest BCUT2D eigenvalue weighted by Crippen LogP contribution is 2.21. The van der Waals surface area contributed by atoms with Gasteiger partial charge in [-0.1, -0.05) is 40.2 Å². The van der Waals surface area contributed by atoms with Crippen molar-refractivity contribution in [2.75, 3.05) is 39.9 Å². The number of hydrogen-bond donors (Lipinski definition) is 1. The molecule has 2 saturated heterocycles. The molecule has 0 saturated carbocycles. The average Bonchev–Trinajstić information content (AvgIpc) is 2.84. The molecule has 35 heavy (non-hydrogen) atoms. The molecular weight excluding hydrogens is 444 g/mol. The van der Waals surface area contributed by atoms with E-state index in [1.165, 1.54) is 0 Å². The van der Waals surface area contributed by atoms with Gasteiger partial charge in [-0.3, -0.25) is 19.3 Å². The fourth-order valence-corrected chi connectivity index (χ4v) is 5.08. The molecule has 8 heteroatoms. The van der Waals surface area contributed by atoms with Crippen LogP contribution in [0.1, 0.15) is 67.7 Å². The van der Waals surface area contributed by atoms with Crippen molar-refractivity contribution < 1.29 is 19.1 Å². The summed E-state index contributed by atoms with van der Waals surface area (Å²) in [4.78, 5) is 45.7. The van der Waals surface area contributed by atoms with Crippen molar-refractivity contribution in [3.63, 3.8) is 0 Å². The maximum atomic E-state index is 13.7. The lowest BCUT2D eigenvalue weighted by atomic mass is 9.95. The van der Waals surface area contributed by atoms with Gasteiger partial charge in [0.15, 0.2) is 0 Å². The number of morpholine rings is 1. The monoisotopic (exact) mass is 492 g/mol. The van der Waals surface area contributed by atoms with Gasteiger partial charge in [0.1, 0.15) is 6.04 Å². The molecule has 3 atom stereocenters. The number of likely N-dealkylation sites (N-methyl/N-ethyl adjacent to an activating group) is 1. The normalized spacial score (nSPS) is 21.9. The summed E-state index contributed by atoms with van der Waals surface area (Å²) in [7, 11) is 1.78. The molecule has 0 aromatic heterocycles. The Bertz CT molecular complexity index is 758. The number of hydrogen-bond acceptors (Lipinski definition) is 5. The number of nitrogens with one attached hydrogen (secondary N) is 1. The lowest BCUT2D eigenvalue weighted by molar-refractivity contribution is -0.140. The molecule has 0 aliphatic carbocycles. The summed E-state index contributed by atoms with van der Waals surface area (Å²) in [6, 6.07) is -0.789. The van der Waals surface area contributed by atoms with Crippen LogP contribution in [0.3, 0.4) is 0 Å². The summed E-state index contributed by atoms with van der Waals surface area (Å²) < 4.78 is 5.36. The molecule has 200 valence electrons. The number of amides is 3. The van der Waals surface area contributed by atoms with E-state index in [0.717, 1.165) is 25.8 Å². The predicted molar refractivity (Wildman–Crippen MR) is 139 cm³/mol. The van der Waals surface area contributed by atoms with Crippen LogP contribution >= 0.6 is 0 Å². The van der Waals surface area contributed by atoms with Gasteiger partial charge >= 0.3 is 0 Å². The molecule has 8 nitrogen and oxygen atoms in total. The minimum absolute atomic E-state index is 0.0143. The number of nitrogens with zero attached hydrogens (tertiary/aromatic N) is 3. The topological polar surface area (TPSA) is 82.2 Å². The minimum Gasteiger partial charge on any atom is -0.378 e. The first-order valence-electron chi connectivity index (χ1n) is 13.3. The molecular formula is C27H48N4O4. The Kier molecular flexibility index (Phi) is 11.2. The Balaban J connectivity index is 2.17. The second-order valence-corrected chi connectivity index (χ2v) is 11.0. The largest absolute Gasteiger partial charge is 0.378 e. The van der Waals surface area contributed by atoms with Gasteiger partial charge in [-0.05, 0) is 52.0 Å². The molecule has 2 rings (SSSR count). The Morgan fingerprint density at radius 3 is 2.14 bits per heavy atom. The van der Waals surface area contributed by atoms with Crippen molar-refractivity contribution in [3.8, 4) is 0 Å². The molecule has 1 N–H and O–H groups in total. The van der Waals surface area contributed by atoms with Gasteiger partial charge in [0, 0.05) is 31.8 Å². The van der Waals surface area contributed by atoms with Crippen molar-refractivity contribution >= 4 is 17.7 Å². The Morgan fingerprint density at radius 1 is 0.971 bits per heavy atom. The maximum absolute atomic E-state index is 13.7. The zero-order valence-corrected chi connectivity index (χ0v) is 23.2. The van der Waals surface area contributed by atoms with Crippen LogP contribution in [0.4, 0.5) is 0 Å². The lowest BCUT2D eigenvalue weighted by Crippen LogP contribution is -2.58. The van der Waals surface area contributed by atoms with Gasteiger partial charge < -0.3 is 19.9 Å². The first-order valence-corrected chi connectivity index (χ1v) is 13.3. The number of likely N-dealkylation sites (tertiary alicyclic amines) is 1. The van der Waals surface area contributed by atoms with E-state index in [-0.39, 0.29) is 47.7 Å². The maximum Gasteiger partial charge on any atom is 0.249 e. The standard InChI is InChI=1S/C27H48N4O4/c1-18(2)23(17-21(7)26(33)30-13-15-35-16-14-30)29(8)27(34)24(19(3)4)28-25(32)22-11-9-10-12-31(22)20(5)6/h17-20,22-24H,9-16H2,1-8H3,(H,28,32)/t22?,23-,24+/m1/s1. The molecule has 2 aliphatic heterocycles. The third kappa shape index (κ3) is 7.78. The molecule has 0 bridgehead atoms. The van der Waals surface area contributed by atoms with Crippen molar-refractivity contribution in [2.45, 2.75) is 91.9 Å². The van der Waals surface area contributed by atoms with Crippen LogP contribution in [0.5, 0.6) is 0 Å². The summed E-state index contributed by atoms with van der Waals surface area (Å²) >= 11 is 0. The van der Waals surface area contributed by atoms with E-state index in [1.54, 1.807) is 16.8 Å². The van der Waals surface area contributed by atoms with Crippen LogP contribution in [0.25, 0.3) is 0 Å². The third-order valence-corrected chi connectivity index (χ3v) is 7.27. The molecule has 0 aromatic carbocycles. The summed E-state index contributed by atoms with van der Waals surface area (Å²) in [6.45, 7) is 17.2. The van der Waals surface area contributed by atoms with Crippen LogP contribution in [0.2, 0.25) is 0 Å². The Hall–Kier alpha value is -1.93. The van der Waals surface area contributed by atoms with E-state index in [4.69, 9.17) is 4.74 Å². The van der Waals surface area contributed by atoms with Crippen molar-refractivity contribution in [2.24, 2.45) is 11.8 Å². The van der Waals surface area contributed by atoms with Gasteiger partial charge in [0.05, 0.1) is 25.3 Å². The average molecular weight is 493 g/mol. The van der Waals surface area contributed by atoms with Gasteiger partial charge in [-0.25, -0.2) is 0 Å². The summed E-state index contributed by atoms with van der Waals surface area (Å²) in [5, 5.41) is 3.09. The minimum atomic E-state index is -0.617. The van der Waals surface area contributed by atoms with Gasteiger partial charge in [-0.15, -0.1) is 0 Å². The number of rotatable bonds is 9. The van der Waals surface area contributed by atoms with E-state index in [2.05, 4.69) is 24.1 Å². The summed E-state index contributed by atoms with van der Waals surface area (Å²) in [5.41, 5.74) is 0.630. The number of piperidine rings is 1. The molecule has 2 aliphatic rings. The molecule has 2 heterocycles. The van der Waals surface area contributed by atoms with Crippen molar-refractivity contribution in [1.82, 2.24) is 20.0 Å². The van der Waals surface area contributed by atoms with Crippen molar-refractivity contribution in [1.29, 1.82) is 0 Å². The Labute approximate surface area is 212 Å². The lowest BCUT2D eigenvalue weighted by Gasteiger charge is -2.39. The SMILES string of the molecule is CC(=C[C@H](C(C)C)N(C)C(=O)[C@@H](NC(=O)C1CCCCN1C(C)C)C(C)C)C(=O)N1CCOCC1. The van der Waals surface area contributed by atoms with Gasteiger partial charge in [0.2, 0.25) is 17.7 Å². The van der Waals surface area contributed by atoms with Gasteiger partial charge in [0.25, 0.3) is 0 Å². The second kappa shape index (κ2) is 13.4. The third-order valence-electron chi connectivity index (χ3n) is 7.27. The molecule has 3 amide bonds. The number of carbonyl (C=O) groups is 3. The second-order valence-electron chi connectivity index (χ2n) is 11.0. The molecule has 1 unspecified atom stereocenters. The van der Waals surface area contributed by atoms with Crippen LogP contribution in [-0.4, -0.2) is 96.5 Å². The fourth-order valence-electron chi connectivity index (χ4n) is 5.08. The van der Waals surface area contributed by atoms with Gasteiger partial charge in [-0.2, -0.15) is 0 Å². The molecule has 0 aromatic rings. The number of carbonyl (C=O) groups excluding carboxylic acids is 3. The van der Waals surface area contributed by atoms with E-state index < -0.39 is 6.04 Å². The smallest absolute Gasteiger partial charge is 0.249 e. The van der Waals surface area contributed by atoms with E-state index >= 15 is 0 Å². The highest BCUT2D eigenvalue weighted by molar-refractivity contribution is 5.93. The molecule has 2 fully saturated rings. The highest BCUT2D eigenvalue weighted by atomic mass is 16.5. The van der Waals surface area contributed by atoms with Crippen LogP contribution < -0.4 is 5.32 Å². The van der Waals surface area contributed by atoms with E-state index in [0.29, 0.717) is 31.9 Å². The predicted octanol–water partition coefficient (Wildman–Crippen LogP) is 2.68. The quantitative estimate of drug-likeness (QED) is 0.501. The highest BCUT2D eigenvalue weighted by Gasteiger charge is 2.36. The Morgan fingerprint density at radius 2 is 1.60 bits per heavy atom. The summed E-state index contributed by atoms with van der Waals surface area (Å²) in [5.74, 6) is -0.150.